The highest BCUT2D eigenvalue weighted by atomic mass is 16.2. The van der Waals surface area contributed by atoms with Crippen molar-refractivity contribution in [2.24, 2.45) is 5.92 Å². The molecule has 0 aliphatic carbocycles. The van der Waals surface area contributed by atoms with E-state index in [1.807, 2.05) is 14.1 Å². The first-order valence-corrected chi connectivity index (χ1v) is 10.5. The molecule has 0 bridgehead atoms. The van der Waals surface area contributed by atoms with Gasteiger partial charge >= 0.3 is 11.8 Å². The number of piperazine rings is 1. The van der Waals surface area contributed by atoms with E-state index in [0.717, 1.165) is 43.9 Å². The number of likely N-dealkylation sites (N-methyl/N-ethyl adjacent to an activating group) is 1. The second kappa shape index (κ2) is 11.2. The van der Waals surface area contributed by atoms with E-state index in [2.05, 4.69) is 70.5 Å². The molecule has 1 atom stereocenters. The van der Waals surface area contributed by atoms with Crippen LogP contribution in [0.25, 0.3) is 0 Å². The van der Waals surface area contributed by atoms with E-state index in [1.54, 1.807) is 0 Å². The number of nitrogens with zero attached hydrogens (tertiary/aromatic N) is 3. The van der Waals surface area contributed by atoms with Crippen LogP contribution >= 0.6 is 0 Å². The molecule has 0 unspecified atom stereocenters. The van der Waals surface area contributed by atoms with Gasteiger partial charge in [0.1, 0.15) is 0 Å². The summed E-state index contributed by atoms with van der Waals surface area (Å²) in [5.74, 6) is -0.617. The molecule has 2 rings (SSSR count). The fourth-order valence-corrected chi connectivity index (χ4v) is 3.41. The van der Waals surface area contributed by atoms with Gasteiger partial charge < -0.3 is 20.4 Å². The molecule has 1 aliphatic heterocycles. The molecule has 0 aromatic heterocycles. The van der Waals surface area contributed by atoms with Gasteiger partial charge in [0.05, 0.1) is 6.04 Å². The van der Waals surface area contributed by atoms with E-state index in [9.17, 15) is 9.59 Å². The molecule has 1 aromatic carbocycles. The number of anilines is 1. The summed E-state index contributed by atoms with van der Waals surface area (Å²) in [6, 6.07) is 8.48. The standard InChI is InChI=1S/C22H37N5O2/c1-17(2)10-11-23-21(28)22(29)24-16-20(27-14-12-26(5)13-15-27)18-6-8-19(9-7-18)25(3)4/h6-9,17,20H,10-16H2,1-5H3,(H,23,28)(H,24,29)/t20-/m0/s1. The first-order chi connectivity index (χ1) is 13.8. The summed E-state index contributed by atoms with van der Waals surface area (Å²) in [7, 11) is 6.16. The number of hydrogen-bond donors (Lipinski definition) is 2. The van der Waals surface area contributed by atoms with Crippen molar-refractivity contribution in [2.75, 3.05) is 65.3 Å². The Morgan fingerprint density at radius 2 is 1.59 bits per heavy atom. The smallest absolute Gasteiger partial charge is 0.309 e. The zero-order valence-corrected chi connectivity index (χ0v) is 18.6. The van der Waals surface area contributed by atoms with Gasteiger partial charge in [-0.25, -0.2) is 0 Å². The Kier molecular flexibility index (Phi) is 8.92. The van der Waals surface area contributed by atoms with Crippen LogP contribution in [0, 0.1) is 5.92 Å². The number of hydrogen-bond acceptors (Lipinski definition) is 5. The van der Waals surface area contributed by atoms with Gasteiger partial charge in [-0.05, 0) is 37.1 Å². The highest BCUT2D eigenvalue weighted by molar-refractivity contribution is 6.35. The van der Waals surface area contributed by atoms with Gasteiger partial charge in [0.25, 0.3) is 0 Å². The summed E-state index contributed by atoms with van der Waals surface area (Å²) < 4.78 is 0. The first kappa shape index (κ1) is 23.2. The van der Waals surface area contributed by atoms with E-state index in [1.165, 1.54) is 0 Å². The van der Waals surface area contributed by atoms with Crippen molar-refractivity contribution in [3.8, 4) is 0 Å². The van der Waals surface area contributed by atoms with Crippen molar-refractivity contribution in [2.45, 2.75) is 26.3 Å². The normalized spacial score (nSPS) is 16.5. The van der Waals surface area contributed by atoms with Crippen molar-refractivity contribution < 1.29 is 9.59 Å². The molecule has 1 fully saturated rings. The molecule has 7 nitrogen and oxygen atoms in total. The third-order valence-corrected chi connectivity index (χ3v) is 5.44. The molecule has 1 saturated heterocycles. The predicted molar refractivity (Wildman–Crippen MR) is 118 cm³/mol. The van der Waals surface area contributed by atoms with Crippen molar-refractivity contribution in [1.82, 2.24) is 20.4 Å². The number of carbonyl (C=O) groups excluding carboxylic acids is 2. The first-order valence-electron chi connectivity index (χ1n) is 10.5. The van der Waals surface area contributed by atoms with E-state index in [0.29, 0.717) is 19.0 Å². The van der Waals surface area contributed by atoms with Crippen molar-refractivity contribution in [3.05, 3.63) is 29.8 Å². The average molecular weight is 404 g/mol. The Balaban J connectivity index is 2.01. The minimum Gasteiger partial charge on any atom is -0.378 e. The summed E-state index contributed by atoms with van der Waals surface area (Å²) in [6.07, 6.45) is 0.862. The number of amides is 2. The lowest BCUT2D eigenvalue weighted by molar-refractivity contribution is -0.139. The van der Waals surface area contributed by atoms with Gasteiger partial charge in [-0.1, -0.05) is 26.0 Å². The van der Waals surface area contributed by atoms with E-state index in [-0.39, 0.29) is 6.04 Å². The Morgan fingerprint density at radius 3 is 2.14 bits per heavy atom. The molecule has 1 aromatic rings. The largest absolute Gasteiger partial charge is 0.378 e. The Morgan fingerprint density at radius 1 is 1.00 bits per heavy atom. The van der Waals surface area contributed by atoms with Crippen LogP contribution < -0.4 is 15.5 Å². The lowest BCUT2D eigenvalue weighted by Crippen LogP contribution is -2.49. The fourth-order valence-electron chi connectivity index (χ4n) is 3.41. The van der Waals surface area contributed by atoms with Crippen LogP contribution in [-0.4, -0.2) is 82.0 Å². The van der Waals surface area contributed by atoms with Crippen LogP contribution in [0.5, 0.6) is 0 Å². The predicted octanol–water partition coefficient (Wildman–Crippen LogP) is 1.32. The van der Waals surface area contributed by atoms with Gasteiger partial charge in [-0.3, -0.25) is 14.5 Å². The van der Waals surface area contributed by atoms with Crippen LogP contribution in [0.1, 0.15) is 31.9 Å². The number of rotatable bonds is 8. The molecule has 2 amide bonds. The summed E-state index contributed by atoms with van der Waals surface area (Å²) in [4.78, 5) is 31.1. The second-order valence-corrected chi connectivity index (χ2v) is 8.49. The molecule has 0 saturated carbocycles. The van der Waals surface area contributed by atoms with E-state index in [4.69, 9.17) is 0 Å². The molecule has 7 heteroatoms. The van der Waals surface area contributed by atoms with Crippen LogP contribution in [0.4, 0.5) is 5.69 Å². The summed E-state index contributed by atoms with van der Waals surface area (Å²) >= 11 is 0. The Labute approximate surface area is 175 Å². The Bertz CT molecular complexity index is 652. The van der Waals surface area contributed by atoms with Crippen molar-refractivity contribution in [3.63, 3.8) is 0 Å². The van der Waals surface area contributed by atoms with Crippen LogP contribution in [0.3, 0.4) is 0 Å². The monoisotopic (exact) mass is 403 g/mol. The van der Waals surface area contributed by atoms with Gasteiger partial charge in [-0.2, -0.15) is 0 Å². The molecule has 1 aliphatic rings. The van der Waals surface area contributed by atoms with E-state index >= 15 is 0 Å². The SMILES string of the molecule is CC(C)CCNC(=O)C(=O)NC[C@@H](c1ccc(N(C)C)cc1)N1CCN(C)CC1. The molecule has 0 spiro atoms. The zero-order chi connectivity index (χ0) is 21.4. The van der Waals surface area contributed by atoms with E-state index < -0.39 is 11.8 Å². The maximum absolute atomic E-state index is 12.3. The van der Waals surface area contributed by atoms with Crippen molar-refractivity contribution in [1.29, 1.82) is 0 Å². The average Bonchev–Trinajstić information content (AvgIpc) is 2.69. The van der Waals surface area contributed by atoms with Crippen LogP contribution in [0.2, 0.25) is 0 Å². The topological polar surface area (TPSA) is 67.9 Å². The lowest BCUT2D eigenvalue weighted by atomic mass is 10.0. The number of carbonyl (C=O) groups is 2. The summed E-state index contributed by atoms with van der Waals surface area (Å²) in [5.41, 5.74) is 2.29. The molecular formula is C22H37N5O2. The van der Waals surface area contributed by atoms with Gasteiger partial charge in [0.15, 0.2) is 0 Å². The third-order valence-electron chi connectivity index (χ3n) is 5.44. The minimum atomic E-state index is -0.558. The Hall–Kier alpha value is -2.12. The zero-order valence-electron chi connectivity index (χ0n) is 18.6. The maximum atomic E-state index is 12.3. The number of nitrogens with one attached hydrogen (secondary N) is 2. The van der Waals surface area contributed by atoms with Gasteiger partial charge in [0, 0.05) is 59.1 Å². The minimum absolute atomic E-state index is 0.0485. The molecule has 2 N–H and O–H groups in total. The summed E-state index contributed by atoms with van der Waals surface area (Å²) in [6.45, 7) is 8.99. The highest BCUT2D eigenvalue weighted by Gasteiger charge is 2.25. The van der Waals surface area contributed by atoms with Gasteiger partial charge in [-0.15, -0.1) is 0 Å². The molecule has 162 valence electrons. The molecule has 29 heavy (non-hydrogen) atoms. The second-order valence-electron chi connectivity index (χ2n) is 8.49. The molecular weight excluding hydrogens is 366 g/mol. The van der Waals surface area contributed by atoms with Crippen molar-refractivity contribution >= 4 is 17.5 Å². The lowest BCUT2D eigenvalue weighted by Gasteiger charge is -2.38. The highest BCUT2D eigenvalue weighted by Crippen LogP contribution is 2.24. The quantitative estimate of drug-likeness (QED) is 0.641. The maximum Gasteiger partial charge on any atom is 0.309 e. The van der Waals surface area contributed by atoms with Crippen LogP contribution in [-0.2, 0) is 9.59 Å². The van der Waals surface area contributed by atoms with Crippen LogP contribution in [0.15, 0.2) is 24.3 Å². The summed E-state index contributed by atoms with van der Waals surface area (Å²) in [5, 5.41) is 5.55. The molecule has 0 radical (unpaired) electrons. The fraction of sp³-hybridized carbons (Fsp3) is 0.636. The molecule has 1 heterocycles. The number of benzene rings is 1. The third kappa shape index (κ3) is 7.33. The van der Waals surface area contributed by atoms with Gasteiger partial charge in [0.2, 0.25) is 0 Å².